The molecule has 0 amide bonds. The second-order valence-corrected chi connectivity index (χ2v) is 2.50. The molecule has 0 radical (unpaired) electrons. The van der Waals surface area contributed by atoms with Crippen LogP contribution < -0.4 is 11.1 Å². The number of nitrogens with one attached hydrogen (secondary N) is 1. The lowest BCUT2D eigenvalue weighted by molar-refractivity contribution is 0.869. The largest absolute Gasteiger partial charge is 0.370 e. The predicted octanol–water partition coefficient (Wildman–Crippen LogP) is 0.219. The Balaban J connectivity index is 2.52. The van der Waals surface area contributed by atoms with Crippen LogP contribution in [0.5, 0.6) is 0 Å². The predicted molar refractivity (Wildman–Crippen MR) is 52.1 cm³/mol. The Bertz CT molecular complexity index is 303. The van der Waals surface area contributed by atoms with Crippen LogP contribution >= 0.6 is 0 Å². The van der Waals surface area contributed by atoms with Crippen molar-refractivity contribution in [2.24, 2.45) is 5.73 Å². The van der Waals surface area contributed by atoms with Gasteiger partial charge in [0.05, 0.1) is 0 Å². The number of aromatic nitrogens is 2. The average Bonchev–Trinajstić information content (AvgIpc) is 2.19. The topological polar surface area (TPSA) is 63.8 Å². The van der Waals surface area contributed by atoms with Gasteiger partial charge in [-0.05, 0) is 13.0 Å². The smallest absolute Gasteiger partial charge is 0.130 e. The third-order valence-corrected chi connectivity index (χ3v) is 1.50. The van der Waals surface area contributed by atoms with Gasteiger partial charge in [0.2, 0.25) is 0 Å². The molecule has 0 atom stereocenters. The second-order valence-electron chi connectivity index (χ2n) is 2.50. The fourth-order valence-corrected chi connectivity index (χ4v) is 0.851. The highest BCUT2D eigenvalue weighted by molar-refractivity contribution is 5.39. The summed E-state index contributed by atoms with van der Waals surface area (Å²) < 4.78 is 0. The number of rotatable bonds is 4. The zero-order valence-electron chi connectivity index (χ0n) is 7.33. The summed E-state index contributed by atoms with van der Waals surface area (Å²) in [5, 5.41) is 3.09. The Morgan fingerprint density at radius 1 is 1.54 bits per heavy atom. The number of nitrogens with zero attached hydrogens (tertiary/aromatic N) is 2. The molecule has 0 unspecified atom stereocenters. The molecular formula is C9H12N4. The molecule has 0 bridgehead atoms. The van der Waals surface area contributed by atoms with Gasteiger partial charge in [-0.15, -0.1) is 6.42 Å². The first-order valence-corrected chi connectivity index (χ1v) is 4.09. The maximum atomic E-state index is 5.34. The SMILES string of the molecule is C#Cc1cc(NCCCN)ncn1. The molecule has 1 aromatic heterocycles. The van der Waals surface area contributed by atoms with Crippen LogP contribution in [0.25, 0.3) is 0 Å². The van der Waals surface area contributed by atoms with Crippen LogP contribution in [-0.4, -0.2) is 23.1 Å². The molecule has 68 valence electrons. The molecule has 0 aliphatic heterocycles. The van der Waals surface area contributed by atoms with Crippen molar-refractivity contribution in [1.29, 1.82) is 0 Å². The summed E-state index contributed by atoms with van der Waals surface area (Å²) in [4.78, 5) is 7.87. The molecule has 0 aliphatic rings. The Labute approximate surface area is 77.6 Å². The maximum Gasteiger partial charge on any atom is 0.130 e. The minimum Gasteiger partial charge on any atom is -0.370 e. The number of nitrogens with two attached hydrogens (primary N) is 1. The van der Waals surface area contributed by atoms with Crippen molar-refractivity contribution in [2.75, 3.05) is 18.4 Å². The van der Waals surface area contributed by atoms with Crippen molar-refractivity contribution in [2.45, 2.75) is 6.42 Å². The van der Waals surface area contributed by atoms with Gasteiger partial charge in [-0.1, -0.05) is 5.92 Å². The third-order valence-electron chi connectivity index (χ3n) is 1.50. The molecule has 1 aromatic rings. The number of hydrogen-bond acceptors (Lipinski definition) is 4. The van der Waals surface area contributed by atoms with Gasteiger partial charge in [-0.25, -0.2) is 9.97 Å². The molecule has 13 heavy (non-hydrogen) atoms. The molecule has 3 N–H and O–H groups in total. The van der Waals surface area contributed by atoms with Crippen LogP contribution in [0.2, 0.25) is 0 Å². The van der Waals surface area contributed by atoms with Crippen molar-refractivity contribution < 1.29 is 0 Å². The van der Waals surface area contributed by atoms with E-state index in [1.807, 2.05) is 0 Å². The van der Waals surface area contributed by atoms with Crippen molar-refractivity contribution in [1.82, 2.24) is 9.97 Å². The molecule has 0 aromatic carbocycles. The maximum absolute atomic E-state index is 5.34. The van der Waals surface area contributed by atoms with Gasteiger partial charge >= 0.3 is 0 Å². The number of terminal acetylenes is 1. The van der Waals surface area contributed by atoms with Crippen LogP contribution in [0.3, 0.4) is 0 Å². The molecule has 1 rings (SSSR count). The molecule has 4 nitrogen and oxygen atoms in total. The van der Waals surface area contributed by atoms with Gasteiger partial charge in [0.15, 0.2) is 0 Å². The molecule has 0 saturated heterocycles. The number of hydrogen-bond donors (Lipinski definition) is 2. The summed E-state index contributed by atoms with van der Waals surface area (Å²) in [5.74, 6) is 3.19. The van der Waals surface area contributed by atoms with E-state index in [-0.39, 0.29) is 0 Å². The second kappa shape index (κ2) is 5.12. The van der Waals surface area contributed by atoms with Gasteiger partial charge in [-0.3, -0.25) is 0 Å². The summed E-state index contributed by atoms with van der Waals surface area (Å²) in [7, 11) is 0. The van der Waals surface area contributed by atoms with E-state index in [1.54, 1.807) is 6.07 Å². The molecule has 0 saturated carbocycles. The van der Waals surface area contributed by atoms with Crippen molar-refractivity contribution in [3.8, 4) is 12.3 Å². The summed E-state index contributed by atoms with van der Waals surface area (Å²) in [6.45, 7) is 1.47. The monoisotopic (exact) mass is 176 g/mol. The molecule has 0 aliphatic carbocycles. The molecule has 0 fully saturated rings. The van der Waals surface area contributed by atoms with Crippen LogP contribution in [0.4, 0.5) is 5.82 Å². The van der Waals surface area contributed by atoms with Crippen LogP contribution in [0.15, 0.2) is 12.4 Å². The van der Waals surface area contributed by atoms with E-state index in [2.05, 4.69) is 21.2 Å². The van der Waals surface area contributed by atoms with Crippen molar-refractivity contribution in [3.05, 3.63) is 18.1 Å². The fraction of sp³-hybridized carbons (Fsp3) is 0.333. The van der Waals surface area contributed by atoms with E-state index >= 15 is 0 Å². The minimum atomic E-state index is 0.588. The molecule has 0 spiro atoms. The molecule has 4 heteroatoms. The number of anilines is 1. The van der Waals surface area contributed by atoms with Gasteiger partial charge < -0.3 is 11.1 Å². The van der Waals surface area contributed by atoms with Gasteiger partial charge in [-0.2, -0.15) is 0 Å². The Hall–Kier alpha value is -1.60. The first-order valence-electron chi connectivity index (χ1n) is 4.09. The molecule has 1 heterocycles. The standard InChI is InChI=1S/C9H12N4/c1-2-8-6-9(13-7-12-8)11-5-3-4-10/h1,6-7H,3-5,10H2,(H,11,12,13). The average molecular weight is 176 g/mol. The highest BCUT2D eigenvalue weighted by atomic mass is 15.0. The highest BCUT2D eigenvalue weighted by Crippen LogP contribution is 2.01. The van der Waals surface area contributed by atoms with Crippen LogP contribution in [0.1, 0.15) is 12.1 Å². The first-order chi connectivity index (χ1) is 6.36. The van der Waals surface area contributed by atoms with E-state index < -0.39 is 0 Å². The van der Waals surface area contributed by atoms with E-state index in [1.165, 1.54) is 6.33 Å². The summed E-state index contributed by atoms with van der Waals surface area (Å²) in [6, 6.07) is 1.73. The van der Waals surface area contributed by atoms with Gasteiger partial charge in [0.25, 0.3) is 0 Å². The summed E-state index contributed by atoms with van der Waals surface area (Å²) in [5.41, 5.74) is 5.93. The van der Waals surface area contributed by atoms with Crippen LogP contribution in [-0.2, 0) is 0 Å². The zero-order valence-corrected chi connectivity index (χ0v) is 7.33. The first kappa shape index (κ1) is 9.49. The van der Waals surface area contributed by atoms with Crippen molar-refractivity contribution >= 4 is 5.82 Å². The highest BCUT2D eigenvalue weighted by Gasteiger charge is 1.94. The van der Waals surface area contributed by atoms with E-state index in [9.17, 15) is 0 Å². The van der Waals surface area contributed by atoms with Gasteiger partial charge in [0.1, 0.15) is 17.8 Å². The summed E-state index contributed by atoms with van der Waals surface area (Å²) >= 11 is 0. The normalized spacial score (nSPS) is 9.23. The Kier molecular flexibility index (Phi) is 3.74. The van der Waals surface area contributed by atoms with Crippen molar-refractivity contribution in [3.63, 3.8) is 0 Å². The lowest BCUT2D eigenvalue weighted by atomic mass is 10.4. The summed E-state index contributed by atoms with van der Waals surface area (Å²) in [6.07, 6.45) is 7.54. The van der Waals surface area contributed by atoms with E-state index in [4.69, 9.17) is 12.2 Å². The Morgan fingerprint density at radius 2 is 2.38 bits per heavy atom. The quantitative estimate of drug-likeness (QED) is 0.509. The minimum absolute atomic E-state index is 0.588. The lowest BCUT2D eigenvalue weighted by Gasteiger charge is -2.03. The Morgan fingerprint density at radius 3 is 3.08 bits per heavy atom. The van der Waals surface area contributed by atoms with E-state index in [0.717, 1.165) is 18.8 Å². The van der Waals surface area contributed by atoms with E-state index in [0.29, 0.717) is 12.2 Å². The lowest BCUT2D eigenvalue weighted by Crippen LogP contribution is -2.09. The van der Waals surface area contributed by atoms with Gasteiger partial charge in [0, 0.05) is 12.6 Å². The van der Waals surface area contributed by atoms with Crippen LogP contribution in [0, 0.1) is 12.3 Å². The fourth-order valence-electron chi connectivity index (χ4n) is 0.851. The molecular weight excluding hydrogens is 164 g/mol. The third kappa shape index (κ3) is 3.09. The zero-order chi connectivity index (χ0) is 9.52.